The molecular formula is C17H21N3O4S. The molecule has 1 aromatic heterocycles. The quantitative estimate of drug-likeness (QED) is 0.785. The van der Waals surface area contributed by atoms with E-state index in [0.717, 1.165) is 6.42 Å². The first-order valence-corrected chi connectivity index (χ1v) is 10.2. The van der Waals surface area contributed by atoms with Gasteiger partial charge >= 0.3 is 0 Å². The Morgan fingerprint density at radius 3 is 2.80 bits per heavy atom. The van der Waals surface area contributed by atoms with Gasteiger partial charge in [-0.3, -0.25) is 14.2 Å². The van der Waals surface area contributed by atoms with Gasteiger partial charge in [0.15, 0.2) is 9.84 Å². The minimum absolute atomic E-state index is 0.00469. The molecule has 25 heavy (non-hydrogen) atoms. The highest BCUT2D eigenvalue weighted by atomic mass is 32.2. The maximum atomic E-state index is 12.8. The van der Waals surface area contributed by atoms with Crippen LogP contribution in [0.25, 0.3) is 11.0 Å². The van der Waals surface area contributed by atoms with Crippen molar-refractivity contribution in [2.75, 3.05) is 18.1 Å². The molecule has 1 aliphatic heterocycles. The van der Waals surface area contributed by atoms with Gasteiger partial charge in [0.05, 0.1) is 28.7 Å². The molecule has 2 aromatic rings. The number of aromatic nitrogens is 2. The summed E-state index contributed by atoms with van der Waals surface area (Å²) in [6.45, 7) is 2.31. The third kappa shape index (κ3) is 3.73. The van der Waals surface area contributed by atoms with Gasteiger partial charge in [-0.05, 0) is 25.0 Å². The van der Waals surface area contributed by atoms with E-state index in [0.29, 0.717) is 24.0 Å². The van der Waals surface area contributed by atoms with Gasteiger partial charge in [-0.2, -0.15) is 0 Å². The second kappa shape index (κ2) is 6.95. The first-order chi connectivity index (χ1) is 11.9. The third-order valence-electron chi connectivity index (χ3n) is 4.48. The smallest absolute Gasteiger partial charge is 0.269 e. The lowest BCUT2D eigenvalue weighted by Gasteiger charge is -2.28. The normalized spacial score (nSPS) is 19.2. The standard InChI is InChI=1S/C17H21N3O4S/c1-2-8-19(13-7-9-25(23,24)12-13)17(22)11-20-15-6-4-3-5-14(15)18-10-16(20)21/h3-6,10,13H,2,7-9,11-12H2,1H3/t13-/m0/s1. The van der Waals surface area contributed by atoms with Crippen molar-refractivity contribution in [1.82, 2.24) is 14.5 Å². The molecule has 1 saturated heterocycles. The predicted octanol–water partition coefficient (Wildman–Crippen LogP) is 0.822. The number of hydrogen-bond acceptors (Lipinski definition) is 5. The van der Waals surface area contributed by atoms with Crippen molar-refractivity contribution < 1.29 is 13.2 Å². The topological polar surface area (TPSA) is 89.3 Å². The Bertz CT molecular complexity index is 952. The fourth-order valence-corrected chi connectivity index (χ4v) is 5.01. The summed E-state index contributed by atoms with van der Waals surface area (Å²) < 4.78 is 24.9. The minimum Gasteiger partial charge on any atom is -0.337 e. The fourth-order valence-electron chi connectivity index (χ4n) is 3.28. The number of benzene rings is 1. The number of fused-ring (bicyclic) bond motifs is 1. The van der Waals surface area contributed by atoms with E-state index in [9.17, 15) is 18.0 Å². The number of rotatable bonds is 5. The Balaban J connectivity index is 1.90. The molecule has 0 saturated carbocycles. The zero-order chi connectivity index (χ0) is 18.0. The summed E-state index contributed by atoms with van der Waals surface area (Å²) in [6, 6.07) is 6.84. The summed E-state index contributed by atoms with van der Waals surface area (Å²) in [5.74, 6) is -0.115. The Morgan fingerprint density at radius 2 is 2.12 bits per heavy atom. The molecule has 1 fully saturated rings. The van der Waals surface area contributed by atoms with Gasteiger partial charge in [-0.1, -0.05) is 19.1 Å². The van der Waals surface area contributed by atoms with E-state index < -0.39 is 9.84 Å². The Morgan fingerprint density at radius 1 is 1.36 bits per heavy atom. The van der Waals surface area contributed by atoms with Gasteiger partial charge in [0.2, 0.25) is 5.91 Å². The van der Waals surface area contributed by atoms with Gasteiger partial charge in [0.1, 0.15) is 6.54 Å². The van der Waals surface area contributed by atoms with Crippen molar-refractivity contribution in [3.8, 4) is 0 Å². The van der Waals surface area contributed by atoms with E-state index in [4.69, 9.17) is 0 Å². The summed E-state index contributed by atoms with van der Waals surface area (Å²) in [5, 5.41) is 0. The van der Waals surface area contributed by atoms with E-state index in [1.807, 2.05) is 13.0 Å². The molecular weight excluding hydrogens is 342 g/mol. The Kier molecular flexibility index (Phi) is 4.89. The molecule has 1 atom stereocenters. The van der Waals surface area contributed by atoms with Gasteiger partial charge in [-0.15, -0.1) is 0 Å². The third-order valence-corrected chi connectivity index (χ3v) is 6.23. The summed E-state index contributed by atoms with van der Waals surface area (Å²) >= 11 is 0. The zero-order valence-electron chi connectivity index (χ0n) is 14.1. The molecule has 1 amide bonds. The summed E-state index contributed by atoms with van der Waals surface area (Å²) in [7, 11) is -3.08. The molecule has 0 unspecified atom stereocenters. The molecule has 0 bridgehead atoms. The first kappa shape index (κ1) is 17.6. The van der Waals surface area contributed by atoms with Crippen LogP contribution in [-0.2, 0) is 21.2 Å². The number of para-hydroxylation sites is 2. The van der Waals surface area contributed by atoms with Crippen LogP contribution >= 0.6 is 0 Å². The second-order valence-corrected chi connectivity index (χ2v) is 8.54. The minimum atomic E-state index is -3.08. The van der Waals surface area contributed by atoms with Gasteiger partial charge in [-0.25, -0.2) is 13.4 Å². The Hall–Kier alpha value is -2.22. The average molecular weight is 363 g/mol. The van der Waals surface area contributed by atoms with Crippen LogP contribution in [0.2, 0.25) is 0 Å². The number of carbonyl (C=O) groups excluding carboxylic acids is 1. The number of nitrogens with zero attached hydrogens (tertiary/aromatic N) is 3. The molecule has 2 heterocycles. The highest BCUT2D eigenvalue weighted by molar-refractivity contribution is 7.91. The van der Waals surface area contributed by atoms with E-state index in [1.165, 1.54) is 10.8 Å². The van der Waals surface area contributed by atoms with Gasteiger partial charge in [0, 0.05) is 12.6 Å². The summed E-state index contributed by atoms with van der Waals surface area (Å²) in [5.41, 5.74) is 0.891. The van der Waals surface area contributed by atoms with Gasteiger partial charge < -0.3 is 4.90 Å². The largest absolute Gasteiger partial charge is 0.337 e. The lowest BCUT2D eigenvalue weighted by molar-refractivity contribution is -0.133. The van der Waals surface area contributed by atoms with Crippen LogP contribution in [0.1, 0.15) is 19.8 Å². The lowest BCUT2D eigenvalue weighted by Crippen LogP contribution is -2.44. The van der Waals surface area contributed by atoms with Crippen LogP contribution in [0.3, 0.4) is 0 Å². The van der Waals surface area contributed by atoms with Crippen LogP contribution in [0.5, 0.6) is 0 Å². The second-order valence-electron chi connectivity index (χ2n) is 6.32. The van der Waals surface area contributed by atoms with Crippen molar-refractivity contribution in [3.63, 3.8) is 0 Å². The van der Waals surface area contributed by atoms with Crippen molar-refractivity contribution in [1.29, 1.82) is 0 Å². The number of amides is 1. The van der Waals surface area contributed by atoms with Gasteiger partial charge in [0.25, 0.3) is 5.56 Å². The highest BCUT2D eigenvalue weighted by Crippen LogP contribution is 2.19. The van der Waals surface area contributed by atoms with Crippen LogP contribution in [-0.4, -0.2) is 52.9 Å². The molecule has 1 aliphatic rings. The van der Waals surface area contributed by atoms with Crippen molar-refractivity contribution in [2.45, 2.75) is 32.4 Å². The highest BCUT2D eigenvalue weighted by Gasteiger charge is 2.34. The predicted molar refractivity (Wildman–Crippen MR) is 95.1 cm³/mol. The number of hydrogen-bond donors (Lipinski definition) is 0. The van der Waals surface area contributed by atoms with E-state index in [-0.39, 0.29) is 35.6 Å². The van der Waals surface area contributed by atoms with Crippen molar-refractivity contribution in [2.24, 2.45) is 0 Å². The Labute approximate surface area is 146 Å². The molecule has 8 heteroatoms. The molecule has 7 nitrogen and oxygen atoms in total. The van der Waals surface area contributed by atoms with E-state index >= 15 is 0 Å². The van der Waals surface area contributed by atoms with Crippen LogP contribution < -0.4 is 5.56 Å². The van der Waals surface area contributed by atoms with E-state index in [1.54, 1.807) is 23.1 Å². The molecule has 134 valence electrons. The molecule has 3 rings (SSSR count). The zero-order valence-corrected chi connectivity index (χ0v) is 14.9. The molecule has 0 N–H and O–H groups in total. The fraction of sp³-hybridized carbons (Fsp3) is 0.471. The maximum absolute atomic E-state index is 12.8. The van der Waals surface area contributed by atoms with Crippen molar-refractivity contribution >= 4 is 26.8 Å². The molecule has 0 aliphatic carbocycles. The first-order valence-electron chi connectivity index (χ1n) is 8.36. The molecule has 0 spiro atoms. The summed E-state index contributed by atoms with van der Waals surface area (Å²) in [6.07, 6.45) is 2.40. The average Bonchev–Trinajstić information content (AvgIpc) is 2.94. The van der Waals surface area contributed by atoms with Crippen LogP contribution in [0.4, 0.5) is 0 Å². The number of sulfone groups is 1. The lowest BCUT2D eigenvalue weighted by atomic mass is 10.2. The van der Waals surface area contributed by atoms with Crippen LogP contribution in [0.15, 0.2) is 35.3 Å². The number of carbonyl (C=O) groups is 1. The molecule has 0 radical (unpaired) electrons. The van der Waals surface area contributed by atoms with E-state index in [2.05, 4.69) is 4.98 Å². The molecule has 1 aromatic carbocycles. The SMILES string of the molecule is CCCN(C(=O)Cn1c(=O)cnc2ccccc21)[C@H]1CCS(=O)(=O)C1. The van der Waals surface area contributed by atoms with Crippen LogP contribution in [0, 0.1) is 0 Å². The van der Waals surface area contributed by atoms with Crippen molar-refractivity contribution in [3.05, 3.63) is 40.8 Å². The maximum Gasteiger partial charge on any atom is 0.269 e. The summed E-state index contributed by atoms with van der Waals surface area (Å²) in [4.78, 5) is 30.8. The monoisotopic (exact) mass is 363 g/mol.